The summed E-state index contributed by atoms with van der Waals surface area (Å²) in [7, 11) is 3.21. The molecule has 0 aliphatic carbocycles. The van der Waals surface area contributed by atoms with E-state index in [2.05, 4.69) is 17.5 Å². The van der Waals surface area contributed by atoms with E-state index in [0.29, 0.717) is 11.5 Å². The molecule has 3 nitrogen and oxygen atoms in total. The van der Waals surface area contributed by atoms with Crippen LogP contribution in [0.15, 0.2) is 29.6 Å². The fraction of sp³-hybridized carbons (Fsp3) is 0.250. The van der Waals surface area contributed by atoms with Gasteiger partial charge in [0.15, 0.2) is 11.5 Å². The topological polar surface area (TPSA) is 38.7 Å². The van der Waals surface area contributed by atoms with Crippen LogP contribution in [0.5, 0.6) is 11.5 Å². The van der Waals surface area contributed by atoms with E-state index in [1.54, 1.807) is 36.9 Å². The first-order valence-electron chi connectivity index (χ1n) is 6.51. The Labute approximate surface area is 131 Å². The Hall–Kier alpha value is -1.56. The van der Waals surface area contributed by atoms with E-state index in [0.717, 1.165) is 16.0 Å². The van der Waals surface area contributed by atoms with Crippen LogP contribution in [0.1, 0.15) is 22.1 Å². The molecule has 5 heteroatoms. The zero-order valence-corrected chi connectivity index (χ0v) is 13.7. The second-order valence-electron chi connectivity index (χ2n) is 4.76. The number of hydrogen-bond donors (Lipinski definition) is 1. The number of aliphatic hydroxyl groups excluding tert-OH is 1. The zero-order chi connectivity index (χ0) is 15.0. The lowest BCUT2D eigenvalue weighted by atomic mass is 10.0. The van der Waals surface area contributed by atoms with Gasteiger partial charge in [-0.1, -0.05) is 0 Å². The molecule has 0 radical (unpaired) electrons. The molecule has 1 N–H and O–H groups in total. The highest BCUT2D eigenvalue weighted by Gasteiger charge is 2.19. The van der Waals surface area contributed by atoms with Crippen molar-refractivity contribution in [2.24, 2.45) is 0 Å². The smallest absolute Gasteiger partial charge is 0.161 e. The Morgan fingerprint density at radius 3 is 2.43 bits per heavy atom. The van der Waals surface area contributed by atoms with Gasteiger partial charge >= 0.3 is 0 Å². The lowest BCUT2D eigenvalue weighted by Gasteiger charge is -2.16. The molecule has 3 aromatic rings. The van der Waals surface area contributed by atoms with Crippen LogP contribution in [0.3, 0.4) is 0 Å². The standard InChI is InChI=1S/C16H16O3S2/c1-9-6-11(18-2)12(19-3)7-10(9)16(17)15-8-14-13(21-15)4-5-20-14/h4-8,16-17H,1-3H3. The SMILES string of the molecule is COc1cc(C)c(C(O)c2cc3sccc3s2)cc1OC. The van der Waals surface area contributed by atoms with Crippen LogP contribution in [-0.2, 0) is 0 Å². The second kappa shape index (κ2) is 5.67. The number of benzene rings is 1. The average molecular weight is 320 g/mol. The molecule has 0 saturated carbocycles. The number of aryl methyl sites for hydroxylation is 1. The largest absolute Gasteiger partial charge is 0.493 e. The van der Waals surface area contributed by atoms with Crippen molar-refractivity contribution in [3.05, 3.63) is 45.6 Å². The van der Waals surface area contributed by atoms with Crippen LogP contribution in [0.2, 0.25) is 0 Å². The molecule has 0 saturated heterocycles. The molecule has 0 amide bonds. The van der Waals surface area contributed by atoms with E-state index < -0.39 is 6.10 Å². The average Bonchev–Trinajstić information content (AvgIpc) is 3.07. The summed E-state index contributed by atoms with van der Waals surface area (Å²) in [4.78, 5) is 0.951. The number of ether oxygens (including phenoxy) is 2. The first-order chi connectivity index (χ1) is 10.1. The first-order valence-corrected chi connectivity index (χ1v) is 8.21. The summed E-state index contributed by atoms with van der Waals surface area (Å²) in [6.07, 6.45) is -0.644. The number of rotatable bonds is 4. The number of thiophene rings is 2. The summed E-state index contributed by atoms with van der Waals surface area (Å²) in [5.41, 5.74) is 1.83. The van der Waals surface area contributed by atoms with Crippen molar-refractivity contribution in [3.8, 4) is 11.5 Å². The van der Waals surface area contributed by atoms with E-state index in [1.165, 1.54) is 9.40 Å². The second-order valence-corrected chi connectivity index (χ2v) is 6.83. The molecule has 0 fully saturated rings. The van der Waals surface area contributed by atoms with Gasteiger partial charge in [-0.3, -0.25) is 0 Å². The van der Waals surface area contributed by atoms with Gasteiger partial charge in [-0.15, -0.1) is 22.7 Å². The molecule has 0 spiro atoms. The first kappa shape index (κ1) is 14.4. The lowest BCUT2D eigenvalue weighted by molar-refractivity contribution is 0.222. The third kappa shape index (κ3) is 2.52. The summed E-state index contributed by atoms with van der Waals surface area (Å²) in [5.74, 6) is 1.31. The van der Waals surface area contributed by atoms with Crippen molar-refractivity contribution in [2.75, 3.05) is 14.2 Å². The number of methoxy groups -OCH3 is 2. The van der Waals surface area contributed by atoms with Gasteiger partial charge in [-0.25, -0.2) is 0 Å². The van der Waals surface area contributed by atoms with Crippen LogP contribution in [0, 0.1) is 6.92 Å². The van der Waals surface area contributed by atoms with Crippen LogP contribution in [-0.4, -0.2) is 19.3 Å². The van der Waals surface area contributed by atoms with Crippen molar-refractivity contribution in [2.45, 2.75) is 13.0 Å². The van der Waals surface area contributed by atoms with E-state index in [9.17, 15) is 5.11 Å². The highest BCUT2D eigenvalue weighted by Crippen LogP contribution is 2.39. The van der Waals surface area contributed by atoms with E-state index in [4.69, 9.17) is 9.47 Å². The van der Waals surface area contributed by atoms with Gasteiger partial charge < -0.3 is 14.6 Å². The molecule has 0 aliphatic heterocycles. The molecule has 1 unspecified atom stereocenters. The normalized spacial score (nSPS) is 12.6. The molecular formula is C16H16O3S2. The quantitative estimate of drug-likeness (QED) is 0.776. The molecule has 2 aromatic heterocycles. The maximum atomic E-state index is 10.7. The highest BCUT2D eigenvalue weighted by atomic mass is 32.1. The van der Waals surface area contributed by atoms with Crippen LogP contribution >= 0.6 is 22.7 Å². The van der Waals surface area contributed by atoms with Gasteiger partial charge in [0, 0.05) is 14.3 Å². The fourth-order valence-corrected chi connectivity index (χ4v) is 4.49. The summed E-state index contributed by atoms with van der Waals surface area (Å²) in [6, 6.07) is 7.90. The molecule has 1 atom stereocenters. The fourth-order valence-electron chi connectivity index (χ4n) is 2.36. The van der Waals surface area contributed by atoms with Gasteiger partial charge in [-0.05, 0) is 47.7 Å². The Bertz CT molecular complexity index is 745. The van der Waals surface area contributed by atoms with Crippen molar-refractivity contribution in [1.29, 1.82) is 0 Å². The van der Waals surface area contributed by atoms with Crippen LogP contribution < -0.4 is 9.47 Å². The third-order valence-electron chi connectivity index (χ3n) is 3.49. The molecule has 0 bridgehead atoms. The van der Waals surface area contributed by atoms with Gasteiger partial charge in [0.1, 0.15) is 6.10 Å². The molecule has 3 rings (SSSR count). The maximum absolute atomic E-state index is 10.7. The summed E-state index contributed by atoms with van der Waals surface area (Å²) in [6.45, 7) is 1.97. The minimum absolute atomic E-state index is 0.635. The van der Waals surface area contributed by atoms with Crippen molar-refractivity contribution in [3.63, 3.8) is 0 Å². The Balaban J connectivity index is 2.04. The predicted molar refractivity (Wildman–Crippen MR) is 88.0 cm³/mol. The molecule has 1 aromatic carbocycles. The van der Waals surface area contributed by atoms with E-state index in [-0.39, 0.29) is 0 Å². The van der Waals surface area contributed by atoms with Crippen molar-refractivity contribution < 1.29 is 14.6 Å². The Morgan fingerprint density at radius 2 is 1.76 bits per heavy atom. The Morgan fingerprint density at radius 1 is 1.05 bits per heavy atom. The van der Waals surface area contributed by atoms with Crippen LogP contribution in [0.25, 0.3) is 9.40 Å². The minimum Gasteiger partial charge on any atom is -0.493 e. The highest BCUT2D eigenvalue weighted by molar-refractivity contribution is 7.26. The molecule has 21 heavy (non-hydrogen) atoms. The summed E-state index contributed by atoms with van der Waals surface area (Å²) < 4.78 is 13.1. The third-order valence-corrected chi connectivity index (χ3v) is 5.64. The van der Waals surface area contributed by atoms with Gasteiger partial charge in [0.05, 0.1) is 14.2 Å². The minimum atomic E-state index is -0.644. The molecule has 0 aliphatic rings. The molecular weight excluding hydrogens is 304 g/mol. The predicted octanol–water partition coefficient (Wildman–Crippen LogP) is 4.37. The Kier molecular flexibility index (Phi) is 3.89. The summed E-state index contributed by atoms with van der Waals surface area (Å²) >= 11 is 3.32. The summed E-state index contributed by atoms with van der Waals surface area (Å²) in [5, 5.41) is 12.8. The van der Waals surface area contributed by atoms with Crippen LogP contribution in [0.4, 0.5) is 0 Å². The van der Waals surface area contributed by atoms with E-state index >= 15 is 0 Å². The van der Waals surface area contributed by atoms with E-state index in [1.807, 2.05) is 19.1 Å². The van der Waals surface area contributed by atoms with Gasteiger partial charge in [0.25, 0.3) is 0 Å². The maximum Gasteiger partial charge on any atom is 0.161 e. The van der Waals surface area contributed by atoms with Gasteiger partial charge in [0.2, 0.25) is 0 Å². The number of hydrogen-bond acceptors (Lipinski definition) is 5. The monoisotopic (exact) mass is 320 g/mol. The molecule has 2 heterocycles. The van der Waals surface area contributed by atoms with Crippen molar-refractivity contribution in [1.82, 2.24) is 0 Å². The van der Waals surface area contributed by atoms with Crippen molar-refractivity contribution >= 4 is 32.1 Å². The van der Waals surface area contributed by atoms with Gasteiger partial charge in [-0.2, -0.15) is 0 Å². The number of fused-ring (bicyclic) bond motifs is 1. The lowest BCUT2D eigenvalue weighted by Crippen LogP contribution is -2.02. The molecule has 110 valence electrons. The zero-order valence-electron chi connectivity index (χ0n) is 12.0. The number of aliphatic hydroxyl groups is 1.